The molecule has 122 valence electrons. The molecule has 0 radical (unpaired) electrons. The molecular formula is C16H14ClN5O2. The van der Waals surface area contributed by atoms with E-state index >= 15 is 0 Å². The van der Waals surface area contributed by atoms with Crippen molar-refractivity contribution in [3.63, 3.8) is 0 Å². The number of hydrogen-bond donors (Lipinski definition) is 1. The molecular weight excluding hydrogens is 330 g/mol. The second-order valence-corrected chi connectivity index (χ2v) is 5.65. The molecule has 0 unspecified atom stereocenters. The van der Waals surface area contributed by atoms with Crippen molar-refractivity contribution in [2.75, 3.05) is 5.32 Å². The molecule has 1 amide bonds. The van der Waals surface area contributed by atoms with Gasteiger partial charge in [-0.25, -0.2) is 4.68 Å². The molecule has 3 aromatic rings. The molecule has 0 aliphatic heterocycles. The summed E-state index contributed by atoms with van der Waals surface area (Å²) in [7, 11) is 1.73. The molecule has 0 aliphatic rings. The quantitative estimate of drug-likeness (QED) is 0.790. The van der Waals surface area contributed by atoms with Crippen molar-refractivity contribution < 1.29 is 4.79 Å². The molecule has 0 fully saturated rings. The number of nitrogens with one attached hydrogen (secondary N) is 1. The average Bonchev–Trinajstić information content (AvgIpc) is 2.93. The lowest BCUT2D eigenvalue weighted by Crippen LogP contribution is -2.27. The number of carbonyl (C=O) groups excluding carboxylic acids is 1. The van der Waals surface area contributed by atoms with Gasteiger partial charge in [0.15, 0.2) is 11.5 Å². The first-order valence-corrected chi connectivity index (χ1v) is 7.50. The summed E-state index contributed by atoms with van der Waals surface area (Å²) in [4.78, 5) is 24.5. The van der Waals surface area contributed by atoms with Crippen molar-refractivity contribution in [2.45, 2.75) is 6.92 Å². The maximum absolute atomic E-state index is 12.3. The Bertz CT molecular complexity index is 959. The zero-order valence-electron chi connectivity index (χ0n) is 13.0. The van der Waals surface area contributed by atoms with Crippen LogP contribution in [0.1, 0.15) is 16.2 Å². The van der Waals surface area contributed by atoms with Gasteiger partial charge in [0, 0.05) is 36.1 Å². The molecule has 24 heavy (non-hydrogen) atoms. The Balaban J connectivity index is 1.99. The fourth-order valence-corrected chi connectivity index (χ4v) is 2.33. The highest BCUT2D eigenvalue weighted by Gasteiger charge is 2.16. The van der Waals surface area contributed by atoms with Gasteiger partial charge in [-0.2, -0.15) is 10.2 Å². The number of hydrogen-bond acceptors (Lipinski definition) is 4. The van der Waals surface area contributed by atoms with E-state index in [1.807, 2.05) is 0 Å². The van der Waals surface area contributed by atoms with E-state index in [2.05, 4.69) is 15.5 Å². The first kappa shape index (κ1) is 15.9. The minimum absolute atomic E-state index is 0.207. The smallest absolute Gasteiger partial charge is 0.281 e. The van der Waals surface area contributed by atoms with Crippen molar-refractivity contribution in [3.8, 4) is 5.69 Å². The van der Waals surface area contributed by atoms with Gasteiger partial charge in [0.1, 0.15) is 0 Å². The summed E-state index contributed by atoms with van der Waals surface area (Å²) in [5.41, 5.74) is 0.646. The van der Waals surface area contributed by atoms with Crippen LogP contribution in [0.25, 0.3) is 5.69 Å². The van der Waals surface area contributed by atoms with E-state index < -0.39 is 11.3 Å². The minimum Gasteiger partial charge on any atom is -0.304 e. The number of aryl methyl sites for hydroxylation is 2. The van der Waals surface area contributed by atoms with Crippen LogP contribution < -0.4 is 10.7 Å². The summed E-state index contributed by atoms with van der Waals surface area (Å²) in [5.74, 6) is -0.260. The van der Waals surface area contributed by atoms with Crippen molar-refractivity contribution in [2.24, 2.45) is 7.05 Å². The van der Waals surface area contributed by atoms with Crippen LogP contribution in [0, 0.1) is 6.92 Å². The summed E-state index contributed by atoms with van der Waals surface area (Å²) < 4.78 is 3.06. The number of carbonyl (C=O) groups is 1. The van der Waals surface area contributed by atoms with E-state index in [0.29, 0.717) is 22.2 Å². The van der Waals surface area contributed by atoms with Crippen LogP contribution in [0.2, 0.25) is 5.02 Å². The van der Waals surface area contributed by atoms with Crippen molar-refractivity contribution in [1.29, 1.82) is 0 Å². The Morgan fingerprint density at radius 2 is 1.88 bits per heavy atom. The van der Waals surface area contributed by atoms with Crippen LogP contribution in [-0.2, 0) is 7.05 Å². The van der Waals surface area contributed by atoms with Gasteiger partial charge >= 0.3 is 0 Å². The Labute approximate surface area is 142 Å². The fraction of sp³-hybridized carbons (Fsp3) is 0.125. The molecule has 0 saturated carbocycles. The summed E-state index contributed by atoms with van der Waals surface area (Å²) >= 11 is 5.89. The van der Waals surface area contributed by atoms with Crippen LogP contribution in [0.15, 0.2) is 47.4 Å². The topological polar surface area (TPSA) is 81.8 Å². The molecule has 0 bridgehead atoms. The van der Waals surface area contributed by atoms with Gasteiger partial charge in [0.05, 0.1) is 5.69 Å². The summed E-state index contributed by atoms with van der Waals surface area (Å²) in [6.45, 7) is 1.74. The van der Waals surface area contributed by atoms with Crippen molar-refractivity contribution in [3.05, 3.63) is 69.2 Å². The first-order chi connectivity index (χ1) is 11.4. The molecule has 1 aromatic carbocycles. The molecule has 3 rings (SSSR count). The van der Waals surface area contributed by atoms with E-state index in [-0.39, 0.29) is 5.69 Å². The van der Waals surface area contributed by atoms with Gasteiger partial charge in [0.2, 0.25) is 5.43 Å². The molecule has 7 nitrogen and oxygen atoms in total. The molecule has 0 aliphatic carbocycles. The van der Waals surface area contributed by atoms with Crippen LogP contribution in [0.5, 0.6) is 0 Å². The van der Waals surface area contributed by atoms with Gasteiger partial charge in [-0.1, -0.05) is 11.6 Å². The molecule has 0 spiro atoms. The highest BCUT2D eigenvalue weighted by Crippen LogP contribution is 2.14. The normalized spacial score (nSPS) is 10.6. The third-order valence-electron chi connectivity index (χ3n) is 3.35. The second-order valence-electron chi connectivity index (χ2n) is 5.22. The van der Waals surface area contributed by atoms with Gasteiger partial charge in [-0.05, 0) is 31.2 Å². The van der Waals surface area contributed by atoms with E-state index in [1.54, 1.807) is 55.2 Å². The van der Waals surface area contributed by atoms with Crippen LogP contribution >= 0.6 is 11.6 Å². The fourth-order valence-electron chi connectivity index (χ4n) is 2.21. The maximum atomic E-state index is 12.3. The zero-order valence-corrected chi connectivity index (χ0v) is 13.8. The van der Waals surface area contributed by atoms with Crippen LogP contribution in [0.3, 0.4) is 0 Å². The van der Waals surface area contributed by atoms with E-state index in [4.69, 9.17) is 11.6 Å². The standard InChI is InChI=1S/C16H14ClN5O2/c1-10-9-13(23)15(16(24)18-14-7-8-21(2)19-14)20-22(10)12-5-3-11(17)4-6-12/h3-9H,1-2H3,(H,18,19,24). The summed E-state index contributed by atoms with van der Waals surface area (Å²) in [5, 5.41) is 11.4. The molecule has 0 atom stereocenters. The lowest BCUT2D eigenvalue weighted by Gasteiger charge is -2.11. The molecule has 1 N–H and O–H groups in total. The lowest BCUT2D eigenvalue weighted by molar-refractivity contribution is 0.101. The van der Waals surface area contributed by atoms with E-state index in [0.717, 1.165) is 0 Å². The Morgan fingerprint density at radius 1 is 1.17 bits per heavy atom. The number of halogens is 1. The predicted octanol–water partition coefficient (Wildman–Crippen LogP) is 2.18. The minimum atomic E-state index is -0.610. The van der Waals surface area contributed by atoms with Gasteiger partial charge in [-0.3, -0.25) is 14.3 Å². The lowest BCUT2D eigenvalue weighted by atomic mass is 10.2. The predicted molar refractivity (Wildman–Crippen MR) is 90.7 cm³/mol. The Morgan fingerprint density at radius 3 is 2.50 bits per heavy atom. The monoisotopic (exact) mass is 343 g/mol. The number of benzene rings is 1. The van der Waals surface area contributed by atoms with Crippen LogP contribution in [0.4, 0.5) is 5.82 Å². The zero-order chi connectivity index (χ0) is 17.3. The van der Waals surface area contributed by atoms with Gasteiger partial charge < -0.3 is 5.32 Å². The molecule has 0 saturated heterocycles. The van der Waals surface area contributed by atoms with Gasteiger partial charge in [-0.15, -0.1) is 0 Å². The molecule has 2 heterocycles. The molecule has 8 heteroatoms. The molecule has 2 aromatic heterocycles. The van der Waals surface area contributed by atoms with Crippen molar-refractivity contribution >= 4 is 23.3 Å². The largest absolute Gasteiger partial charge is 0.304 e. The number of amides is 1. The third kappa shape index (κ3) is 3.21. The third-order valence-corrected chi connectivity index (χ3v) is 3.60. The average molecular weight is 344 g/mol. The van der Waals surface area contributed by atoms with E-state index in [9.17, 15) is 9.59 Å². The Kier molecular flexibility index (Phi) is 4.18. The summed E-state index contributed by atoms with van der Waals surface area (Å²) in [6.07, 6.45) is 1.68. The maximum Gasteiger partial charge on any atom is 0.281 e. The Hall–Kier alpha value is -2.93. The number of rotatable bonds is 3. The highest BCUT2D eigenvalue weighted by molar-refractivity contribution is 6.30. The number of anilines is 1. The second kappa shape index (κ2) is 6.29. The van der Waals surface area contributed by atoms with Crippen LogP contribution in [-0.4, -0.2) is 25.5 Å². The summed E-state index contributed by atoms with van der Waals surface area (Å²) in [6, 6.07) is 9.94. The number of aromatic nitrogens is 4. The first-order valence-electron chi connectivity index (χ1n) is 7.12. The van der Waals surface area contributed by atoms with Gasteiger partial charge in [0.25, 0.3) is 5.91 Å². The number of nitrogens with zero attached hydrogens (tertiary/aromatic N) is 4. The van der Waals surface area contributed by atoms with Crippen molar-refractivity contribution in [1.82, 2.24) is 19.6 Å². The van der Waals surface area contributed by atoms with E-state index in [1.165, 1.54) is 10.7 Å². The highest BCUT2D eigenvalue weighted by atomic mass is 35.5. The SMILES string of the molecule is Cc1cc(=O)c(C(=O)Nc2ccn(C)n2)nn1-c1ccc(Cl)cc1.